The number of rotatable bonds is 4. The van der Waals surface area contributed by atoms with Crippen LogP contribution in [0.25, 0.3) is 0 Å². The summed E-state index contributed by atoms with van der Waals surface area (Å²) in [5.41, 5.74) is 7.71. The molecule has 2 aromatic carbocycles. The van der Waals surface area contributed by atoms with E-state index in [4.69, 9.17) is 15.2 Å². The molecule has 110 valence electrons. The summed E-state index contributed by atoms with van der Waals surface area (Å²) in [6.45, 7) is 2.91. The number of nitrogens with two attached hydrogens (primary N) is 1. The van der Waals surface area contributed by atoms with Crippen LogP contribution >= 0.6 is 0 Å². The van der Waals surface area contributed by atoms with Gasteiger partial charge in [0.1, 0.15) is 17.3 Å². The number of benzene rings is 2. The van der Waals surface area contributed by atoms with Crippen LogP contribution in [0.5, 0.6) is 11.5 Å². The van der Waals surface area contributed by atoms with Gasteiger partial charge in [0.2, 0.25) is 0 Å². The first-order valence-electron chi connectivity index (χ1n) is 7.04. The summed E-state index contributed by atoms with van der Waals surface area (Å²) in [5.74, 6) is 1.43. The van der Waals surface area contributed by atoms with Gasteiger partial charge in [-0.3, -0.25) is 0 Å². The number of halogens is 1. The van der Waals surface area contributed by atoms with Gasteiger partial charge in [-0.05, 0) is 31.2 Å². The molecule has 21 heavy (non-hydrogen) atoms. The van der Waals surface area contributed by atoms with Crippen LogP contribution in [0.1, 0.15) is 30.0 Å². The first kappa shape index (κ1) is 13.9. The zero-order chi connectivity index (χ0) is 14.8. The minimum atomic E-state index is -0.302. The van der Waals surface area contributed by atoms with Gasteiger partial charge in [0, 0.05) is 17.2 Å². The first-order chi connectivity index (χ1) is 10.1. The van der Waals surface area contributed by atoms with E-state index in [2.05, 4.69) is 0 Å². The van der Waals surface area contributed by atoms with E-state index in [1.807, 2.05) is 31.2 Å². The van der Waals surface area contributed by atoms with Crippen molar-refractivity contribution in [2.45, 2.75) is 18.9 Å². The van der Waals surface area contributed by atoms with Crippen LogP contribution in [0, 0.1) is 5.82 Å². The molecule has 1 heterocycles. The van der Waals surface area contributed by atoms with E-state index in [1.165, 1.54) is 12.1 Å². The van der Waals surface area contributed by atoms with Gasteiger partial charge >= 0.3 is 0 Å². The van der Waals surface area contributed by atoms with Gasteiger partial charge in [-0.1, -0.05) is 18.2 Å². The lowest BCUT2D eigenvalue weighted by atomic mass is 10.0. The molecule has 0 spiro atoms. The number of para-hydroxylation sites is 1. The molecule has 1 aliphatic rings. The van der Waals surface area contributed by atoms with Crippen LogP contribution in [0.4, 0.5) is 4.39 Å². The first-order valence-corrected chi connectivity index (χ1v) is 7.04. The molecule has 0 aromatic heterocycles. The second kappa shape index (κ2) is 5.74. The Morgan fingerprint density at radius 1 is 1.33 bits per heavy atom. The topological polar surface area (TPSA) is 44.5 Å². The average Bonchev–Trinajstić information content (AvgIpc) is 2.89. The Kier molecular flexibility index (Phi) is 3.80. The molecule has 0 amide bonds. The smallest absolute Gasteiger partial charge is 0.124 e. The number of fused-ring (bicyclic) bond motifs is 1. The minimum Gasteiger partial charge on any atom is -0.493 e. The number of ether oxygens (including phenoxy) is 2. The molecule has 2 N–H and O–H groups in total. The molecule has 0 aliphatic carbocycles. The quantitative estimate of drug-likeness (QED) is 0.937. The highest BCUT2D eigenvalue weighted by Gasteiger charge is 2.24. The van der Waals surface area contributed by atoms with E-state index in [0.29, 0.717) is 24.5 Å². The summed E-state index contributed by atoms with van der Waals surface area (Å²) in [6, 6.07) is 12.1. The summed E-state index contributed by atoms with van der Waals surface area (Å²) in [5, 5.41) is 0. The molecule has 4 heteroatoms. The summed E-state index contributed by atoms with van der Waals surface area (Å²) in [7, 11) is 0. The van der Waals surface area contributed by atoms with E-state index in [0.717, 1.165) is 11.3 Å². The Balaban J connectivity index is 1.75. The minimum absolute atomic E-state index is 0.187. The summed E-state index contributed by atoms with van der Waals surface area (Å²) >= 11 is 0. The molecule has 3 nitrogen and oxygen atoms in total. The highest BCUT2D eigenvalue weighted by Crippen LogP contribution is 2.34. The van der Waals surface area contributed by atoms with Crippen molar-refractivity contribution in [1.82, 2.24) is 0 Å². The Labute approximate surface area is 123 Å². The normalized spacial score (nSPS) is 18.0. The molecule has 0 saturated carbocycles. The molecule has 2 atom stereocenters. The fourth-order valence-electron chi connectivity index (χ4n) is 2.56. The van der Waals surface area contributed by atoms with Gasteiger partial charge in [-0.2, -0.15) is 0 Å². The highest BCUT2D eigenvalue weighted by molar-refractivity contribution is 5.40. The van der Waals surface area contributed by atoms with Crippen LogP contribution in [0.2, 0.25) is 0 Å². The SMILES string of the molecule is C[C@H](N)c1cc(F)ccc1OCC1COc2ccccc21. The van der Waals surface area contributed by atoms with Crippen molar-refractivity contribution in [2.24, 2.45) is 5.73 Å². The summed E-state index contributed by atoms with van der Waals surface area (Å²) in [4.78, 5) is 0. The van der Waals surface area contributed by atoms with Gasteiger partial charge < -0.3 is 15.2 Å². The maximum atomic E-state index is 13.3. The van der Waals surface area contributed by atoms with Crippen molar-refractivity contribution < 1.29 is 13.9 Å². The van der Waals surface area contributed by atoms with Crippen LogP contribution in [0.15, 0.2) is 42.5 Å². The Morgan fingerprint density at radius 2 is 2.14 bits per heavy atom. The molecule has 0 fully saturated rings. The van der Waals surface area contributed by atoms with E-state index < -0.39 is 0 Å². The van der Waals surface area contributed by atoms with Crippen molar-refractivity contribution in [2.75, 3.05) is 13.2 Å². The molecule has 1 unspecified atom stereocenters. The summed E-state index contributed by atoms with van der Waals surface area (Å²) in [6.07, 6.45) is 0. The van der Waals surface area contributed by atoms with Gasteiger partial charge in [0.15, 0.2) is 0 Å². The van der Waals surface area contributed by atoms with E-state index >= 15 is 0 Å². The highest BCUT2D eigenvalue weighted by atomic mass is 19.1. The average molecular weight is 287 g/mol. The molecule has 3 rings (SSSR count). The number of hydrogen-bond donors (Lipinski definition) is 1. The molecule has 0 saturated heterocycles. The molecule has 2 aromatic rings. The fraction of sp³-hybridized carbons (Fsp3) is 0.294. The molecule has 1 aliphatic heterocycles. The zero-order valence-corrected chi connectivity index (χ0v) is 11.9. The van der Waals surface area contributed by atoms with E-state index in [-0.39, 0.29) is 17.8 Å². The maximum Gasteiger partial charge on any atom is 0.124 e. The Morgan fingerprint density at radius 3 is 2.95 bits per heavy atom. The fourth-order valence-corrected chi connectivity index (χ4v) is 2.56. The third kappa shape index (κ3) is 2.85. The molecular weight excluding hydrogens is 269 g/mol. The molecule has 0 bridgehead atoms. The van der Waals surface area contributed by atoms with Crippen molar-refractivity contribution >= 4 is 0 Å². The van der Waals surface area contributed by atoms with E-state index in [9.17, 15) is 4.39 Å². The van der Waals surface area contributed by atoms with Crippen molar-refractivity contribution in [3.63, 3.8) is 0 Å². The Hall–Kier alpha value is -2.07. The van der Waals surface area contributed by atoms with Crippen LogP contribution in [0.3, 0.4) is 0 Å². The van der Waals surface area contributed by atoms with Crippen LogP contribution in [-0.2, 0) is 0 Å². The van der Waals surface area contributed by atoms with Crippen LogP contribution in [-0.4, -0.2) is 13.2 Å². The molecular formula is C17H18FNO2. The van der Waals surface area contributed by atoms with Gasteiger partial charge in [-0.15, -0.1) is 0 Å². The third-order valence-electron chi connectivity index (χ3n) is 3.70. The third-order valence-corrected chi connectivity index (χ3v) is 3.70. The lowest BCUT2D eigenvalue weighted by molar-refractivity contribution is 0.246. The van der Waals surface area contributed by atoms with Gasteiger partial charge in [-0.25, -0.2) is 4.39 Å². The predicted octanol–water partition coefficient (Wildman–Crippen LogP) is 3.40. The van der Waals surface area contributed by atoms with Gasteiger partial charge in [0.25, 0.3) is 0 Å². The summed E-state index contributed by atoms with van der Waals surface area (Å²) < 4.78 is 24.8. The van der Waals surface area contributed by atoms with Gasteiger partial charge in [0.05, 0.1) is 19.1 Å². The second-order valence-corrected chi connectivity index (χ2v) is 5.33. The Bertz CT molecular complexity index is 642. The lowest BCUT2D eigenvalue weighted by Gasteiger charge is -2.16. The van der Waals surface area contributed by atoms with Crippen molar-refractivity contribution in [1.29, 1.82) is 0 Å². The van der Waals surface area contributed by atoms with Crippen molar-refractivity contribution in [3.05, 3.63) is 59.4 Å². The van der Waals surface area contributed by atoms with Crippen LogP contribution < -0.4 is 15.2 Å². The predicted molar refractivity (Wildman–Crippen MR) is 79.2 cm³/mol. The zero-order valence-electron chi connectivity index (χ0n) is 11.9. The lowest BCUT2D eigenvalue weighted by Crippen LogP contribution is -2.14. The monoisotopic (exact) mass is 287 g/mol. The van der Waals surface area contributed by atoms with E-state index in [1.54, 1.807) is 6.07 Å². The largest absolute Gasteiger partial charge is 0.493 e. The maximum absolute atomic E-state index is 13.3. The second-order valence-electron chi connectivity index (χ2n) is 5.33. The molecule has 0 radical (unpaired) electrons. The number of hydrogen-bond acceptors (Lipinski definition) is 3. The standard InChI is InChI=1S/C17H18FNO2/c1-11(19)15-8-13(18)6-7-17(15)21-10-12-9-20-16-5-3-2-4-14(12)16/h2-8,11-12H,9-10,19H2,1H3/t11-,12?/m0/s1. The van der Waals surface area contributed by atoms with Crippen molar-refractivity contribution in [3.8, 4) is 11.5 Å².